The molecule has 0 aromatic heterocycles. The van der Waals surface area contributed by atoms with E-state index in [2.05, 4.69) is 9.26 Å². The molecule has 0 aromatic carbocycles. The van der Waals surface area contributed by atoms with E-state index in [-0.39, 0.29) is 0 Å². The summed E-state index contributed by atoms with van der Waals surface area (Å²) in [5.74, 6) is -2.38. The van der Waals surface area contributed by atoms with Gasteiger partial charge in [-0.25, -0.2) is 0 Å². The lowest BCUT2D eigenvalue weighted by Gasteiger charge is -2.23. The molecule has 96 valence electrons. The summed E-state index contributed by atoms with van der Waals surface area (Å²) in [5.41, 5.74) is 0. The third-order valence-corrected chi connectivity index (χ3v) is 2.63. The van der Waals surface area contributed by atoms with Crippen LogP contribution in [0, 0.1) is 0 Å². The number of aliphatic hydroxyl groups excluding tert-OH is 3. The third-order valence-electron chi connectivity index (χ3n) is 2.15. The maximum absolute atomic E-state index is 10.3. The first-order valence-electron chi connectivity index (χ1n) is 4.25. The van der Waals surface area contributed by atoms with Crippen molar-refractivity contribution in [2.45, 2.75) is 24.1 Å². The van der Waals surface area contributed by atoms with Crippen LogP contribution in [-0.4, -0.2) is 62.6 Å². The average molecular weight is 259 g/mol. The second-order valence-electron chi connectivity index (χ2n) is 3.36. The van der Waals surface area contributed by atoms with Crippen LogP contribution in [0.2, 0.25) is 0 Å². The van der Waals surface area contributed by atoms with Crippen molar-refractivity contribution < 1.29 is 44.0 Å². The van der Waals surface area contributed by atoms with E-state index >= 15 is 0 Å². The average Bonchev–Trinajstić information content (AvgIpc) is 2.40. The Morgan fingerprint density at radius 2 is 2.06 bits per heavy atom. The van der Waals surface area contributed by atoms with Gasteiger partial charge in [0.2, 0.25) is 5.79 Å². The zero-order valence-electron chi connectivity index (χ0n) is 7.96. The molecule has 5 N–H and O–H groups in total. The molecule has 1 heterocycles. The molecule has 0 aromatic rings. The molecule has 9 nitrogen and oxygen atoms in total. The molecule has 0 aliphatic carbocycles. The van der Waals surface area contributed by atoms with Crippen molar-refractivity contribution >= 4 is 7.82 Å². The van der Waals surface area contributed by atoms with Gasteiger partial charge in [-0.3, -0.25) is 4.57 Å². The summed E-state index contributed by atoms with van der Waals surface area (Å²) < 4.78 is 18.8. The molecule has 10 heteroatoms. The van der Waals surface area contributed by atoms with E-state index in [1.165, 1.54) is 0 Å². The summed E-state index contributed by atoms with van der Waals surface area (Å²) in [6.45, 7) is -1.78. The van der Waals surface area contributed by atoms with Crippen molar-refractivity contribution in [2.24, 2.45) is 0 Å². The van der Waals surface area contributed by atoms with Crippen LogP contribution in [-0.2, 0) is 13.8 Å². The van der Waals surface area contributed by atoms with Crippen LogP contribution in [0.3, 0.4) is 0 Å². The Hall–Kier alpha value is -0.0900. The van der Waals surface area contributed by atoms with Crippen LogP contribution < -0.4 is 4.89 Å². The summed E-state index contributed by atoms with van der Waals surface area (Å²) in [6, 6.07) is 0. The molecule has 0 bridgehead atoms. The fourth-order valence-electron chi connectivity index (χ4n) is 1.30. The monoisotopic (exact) mass is 259 g/mol. The van der Waals surface area contributed by atoms with Gasteiger partial charge in [-0.15, -0.1) is 0 Å². The standard InChI is InChI=1S/C6H13O9P/c7-2-6(10)5(9)4(8)3(15-6)1-14-16(11,12)13/h3-5,7-10H,1-2H2,(H2,11,12,13)/p-1/t3-,4-,5+,6+/m1/s1. The Bertz CT molecular complexity index is 290. The highest BCUT2D eigenvalue weighted by Crippen LogP contribution is 2.34. The van der Waals surface area contributed by atoms with E-state index in [0.717, 1.165) is 0 Å². The summed E-state index contributed by atoms with van der Waals surface area (Å²) in [7, 11) is -4.98. The highest BCUT2D eigenvalue weighted by Gasteiger charge is 2.53. The minimum absolute atomic E-state index is 0.794. The topological polar surface area (TPSA) is 160 Å². The maximum Gasteiger partial charge on any atom is 0.265 e. The summed E-state index contributed by atoms with van der Waals surface area (Å²) in [6.07, 6.45) is -4.85. The van der Waals surface area contributed by atoms with E-state index in [1.807, 2.05) is 0 Å². The van der Waals surface area contributed by atoms with Crippen LogP contribution in [0.15, 0.2) is 0 Å². The predicted octanol–water partition coefficient (Wildman–Crippen LogP) is -3.73. The molecule has 0 radical (unpaired) electrons. The van der Waals surface area contributed by atoms with Gasteiger partial charge in [-0.2, -0.15) is 0 Å². The summed E-state index contributed by atoms with van der Waals surface area (Å²) in [4.78, 5) is 18.5. The van der Waals surface area contributed by atoms with Crippen molar-refractivity contribution in [3.05, 3.63) is 0 Å². The normalized spacial score (nSPS) is 43.2. The Morgan fingerprint density at radius 1 is 1.50 bits per heavy atom. The van der Waals surface area contributed by atoms with Crippen LogP contribution >= 0.6 is 7.82 Å². The lowest BCUT2D eigenvalue weighted by atomic mass is 10.1. The molecular formula is C6H12O9P-. The highest BCUT2D eigenvalue weighted by molar-refractivity contribution is 7.44. The first kappa shape index (κ1) is 14.0. The number of aliphatic hydroxyl groups is 4. The zero-order chi connectivity index (χ0) is 12.6. The van der Waals surface area contributed by atoms with Crippen LogP contribution in [0.5, 0.6) is 0 Å². The number of hydrogen-bond acceptors (Lipinski definition) is 8. The first-order chi connectivity index (χ1) is 7.19. The molecule has 1 aliphatic rings. The van der Waals surface area contributed by atoms with Gasteiger partial charge >= 0.3 is 0 Å². The van der Waals surface area contributed by atoms with Gasteiger partial charge in [-0.1, -0.05) is 0 Å². The predicted molar refractivity (Wildman–Crippen MR) is 44.7 cm³/mol. The van der Waals surface area contributed by atoms with E-state index in [0.29, 0.717) is 0 Å². The number of hydrogen-bond donors (Lipinski definition) is 5. The third kappa shape index (κ3) is 2.98. The second-order valence-corrected chi connectivity index (χ2v) is 4.55. The van der Waals surface area contributed by atoms with Crippen molar-refractivity contribution in [3.63, 3.8) is 0 Å². The second kappa shape index (κ2) is 4.65. The summed E-state index contributed by atoms with van der Waals surface area (Å²) >= 11 is 0. The van der Waals surface area contributed by atoms with Gasteiger partial charge in [-0.05, 0) is 0 Å². The lowest BCUT2D eigenvalue weighted by Crippen LogP contribution is -2.46. The van der Waals surface area contributed by atoms with Crippen LogP contribution in [0.4, 0.5) is 0 Å². The van der Waals surface area contributed by atoms with Crippen molar-refractivity contribution in [1.82, 2.24) is 0 Å². The first-order valence-corrected chi connectivity index (χ1v) is 5.75. The largest absolute Gasteiger partial charge is 0.756 e. The van der Waals surface area contributed by atoms with Gasteiger partial charge < -0.3 is 39.5 Å². The number of phosphoric ester groups is 1. The molecule has 1 rings (SSSR count). The minimum Gasteiger partial charge on any atom is -0.756 e. The van der Waals surface area contributed by atoms with Gasteiger partial charge in [0.15, 0.2) is 0 Å². The van der Waals surface area contributed by atoms with Crippen molar-refractivity contribution in [3.8, 4) is 0 Å². The lowest BCUT2D eigenvalue weighted by molar-refractivity contribution is -0.252. The fourth-order valence-corrected chi connectivity index (χ4v) is 1.64. The Morgan fingerprint density at radius 3 is 2.44 bits per heavy atom. The van der Waals surface area contributed by atoms with E-state index in [1.54, 1.807) is 0 Å². The number of rotatable bonds is 4. The van der Waals surface area contributed by atoms with Crippen LogP contribution in [0.25, 0.3) is 0 Å². The quantitative estimate of drug-likeness (QED) is 0.319. The number of ether oxygens (including phenoxy) is 1. The Balaban J connectivity index is 2.61. The Labute approximate surface area is 90.1 Å². The number of phosphoric acid groups is 1. The molecule has 1 unspecified atom stereocenters. The molecule has 0 saturated carbocycles. The van der Waals surface area contributed by atoms with E-state index in [4.69, 9.17) is 10.00 Å². The molecule has 0 spiro atoms. The molecule has 0 amide bonds. The van der Waals surface area contributed by atoms with Gasteiger partial charge in [0, 0.05) is 0 Å². The smallest absolute Gasteiger partial charge is 0.265 e. The van der Waals surface area contributed by atoms with E-state index in [9.17, 15) is 24.8 Å². The van der Waals surface area contributed by atoms with Crippen molar-refractivity contribution in [1.29, 1.82) is 0 Å². The molecule has 1 fully saturated rings. The molecular weight excluding hydrogens is 247 g/mol. The van der Waals surface area contributed by atoms with E-state index < -0.39 is 45.1 Å². The van der Waals surface area contributed by atoms with Gasteiger partial charge in [0.1, 0.15) is 18.3 Å². The summed E-state index contributed by atoms with van der Waals surface area (Å²) in [5, 5.41) is 36.7. The molecule has 1 aliphatic heterocycles. The minimum atomic E-state index is -4.98. The molecule has 1 saturated heterocycles. The Kier molecular flexibility index (Phi) is 4.06. The molecule has 5 atom stereocenters. The van der Waals surface area contributed by atoms with Gasteiger partial charge in [0.25, 0.3) is 7.82 Å². The SMILES string of the molecule is O=P([O-])(O)OC[C@H]1O[C@@](O)(CO)[C@@H](O)[C@@H]1O. The zero-order valence-corrected chi connectivity index (χ0v) is 8.86. The molecule has 16 heavy (non-hydrogen) atoms. The fraction of sp³-hybridized carbons (Fsp3) is 1.00. The highest BCUT2D eigenvalue weighted by atomic mass is 31.2. The van der Waals surface area contributed by atoms with Gasteiger partial charge in [0.05, 0.1) is 13.2 Å². The van der Waals surface area contributed by atoms with Crippen LogP contribution in [0.1, 0.15) is 0 Å². The maximum atomic E-state index is 10.3. The van der Waals surface area contributed by atoms with Crippen molar-refractivity contribution in [2.75, 3.05) is 13.2 Å².